The molecular formula is C23H21F3N2O. The Balaban J connectivity index is 1.75. The van der Waals surface area contributed by atoms with E-state index in [9.17, 15) is 18.0 Å². The highest BCUT2D eigenvalue weighted by Crippen LogP contribution is 2.34. The average molecular weight is 398 g/mol. The summed E-state index contributed by atoms with van der Waals surface area (Å²) >= 11 is 0. The maximum atomic E-state index is 13.1. The lowest BCUT2D eigenvalue weighted by Gasteiger charge is -2.20. The number of hydrogen-bond acceptors (Lipinski definition) is 2. The number of rotatable bonds is 6. The molecule has 3 rings (SSSR count). The number of nitrogens with one attached hydrogen (secondary N) is 2. The highest BCUT2D eigenvalue weighted by Gasteiger charge is 2.33. The van der Waals surface area contributed by atoms with E-state index in [4.69, 9.17) is 0 Å². The van der Waals surface area contributed by atoms with Gasteiger partial charge in [-0.25, -0.2) is 0 Å². The summed E-state index contributed by atoms with van der Waals surface area (Å²) in [6, 6.07) is 22.1. The summed E-state index contributed by atoms with van der Waals surface area (Å²) in [6.45, 7) is 1.85. The summed E-state index contributed by atoms with van der Waals surface area (Å²) in [7, 11) is 0. The number of halogens is 3. The highest BCUT2D eigenvalue weighted by atomic mass is 19.4. The van der Waals surface area contributed by atoms with Gasteiger partial charge in [0.05, 0.1) is 23.8 Å². The quantitative estimate of drug-likeness (QED) is 0.589. The smallest absolute Gasteiger partial charge is 0.324 e. The van der Waals surface area contributed by atoms with Crippen molar-refractivity contribution in [2.24, 2.45) is 0 Å². The van der Waals surface area contributed by atoms with Crippen molar-refractivity contribution in [3.05, 3.63) is 101 Å². The Morgan fingerprint density at radius 3 is 2.10 bits per heavy atom. The second kappa shape index (κ2) is 8.92. The number of anilines is 1. The molecule has 0 bridgehead atoms. The molecule has 1 atom stereocenters. The first kappa shape index (κ1) is 20.6. The number of carbonyl (C=O) groups is 1. The Bertz CT molecular complexity index is 954. The third-order valence-corrected chi connectivity index (χ3v) is 4.52. The maximum Gasteiger partial charge on any atom is 0.418 e. The molecule has 0 aliphatic carbocycles. The Morgan fingerprint density at radius 1 is 0.862 bits per heavy atom. The van der Waals surface area contributed by atoms with Crippen molar-refractivity contribution in [1.82, 2.24) is 5.32 Å². The Hall–Kier alpha value is -3.12. The van der Waals surface area contributed by atoms with Gasteiger partial charge < -0.3 is 5.32 Å². The molecule has 0 fully saturated rings. The number of para-hydroxylation sites is 1. The molecule has 0 saturated heterocycles. The van der Waals surface area contributed by atoms with Crippen LogP contribution < -0.4 is 10.6 Å². The average Bonchev–Trinajstić information content (AvgIpc) is 2.70. The molecule has 0 aliphatic heterocycles. The van der Waals surface area contributed by atoms with Gasteiger partial charge >= 0.3 is 6.18 Å². The monoisotopic (exact) mass is 398 g/mol. The van der Waals surface area contributed by atoms with Gasteiger partial charge in [-0.15, -0.1) is 0 Å². The molecule has 0 radical (unpaired) electrons. The van der Waals surface area contributed by atoms with Gasteiger partial charge in [-0.05, 0) is 30.2 Å². The van der Waals surface area contributed by atoms with E-state index < -0.39 is 17.6 Å². The molecule has 0 aromatic heterocycles. The molecule has 29 heavy (non-hydrogen) atoms. The largest absolute Gasteiger partial charge is 0.418 e. The minimum absolute atomic E-state index is 0.139. The van der Waals surface area contributed by atoms with Crippen molar-refractivity contribution >= 4 is 11.6 Å². The standard InChI is InChI=1S/C23H21F3N2O/c1-16-11-13-18(14-12-16)22(17-7-3-2-4-8-17)27-15-21(29)28-20-10-6-5-9-19(20)23(24,25)26/h2-14,22,27H,15H2,1H3,(H,28,29)/t22-/m0/s1. The van der Waals surface area contributed by atoms with E-state index in [1.54, 1.807) is 0 Å². The van der Waals surface area contributed by atoms with Crippen molar-refractivity contribution in [3.8, 4) is 0 Å². The van der Waals surface area contributed by atoms with Crippen LogP contribution in [0.15, 0.2) is 78.9 Å². The predicted octanol–water partition coefficient (Wildman–Crippen LogP) is 5.33. The molecular weight excluding hydrogens is 377 g/mol. The number of hydrogen-bond donors (Lipinski definition) is 2. The molecule has 0 unspecified atom stereocenters. The van der Waals surface area contributed by atoms with E-state index in [2.05, 4.69) is 10.6 Å². The lowest BCUT2D eigenvalue weighted by molar-refractivity contribution is -0.137. The number of aryl methyl sites for hydroxylation is 1. The van der Waals surface area contributed by atoms with Crippen molar-refractivity contribution in [3.63, 3.8) is 0 Å². The molecule has 0 saturated carbocycles. The van der Waals surface area contributed by atoms with Crippen LogP contribution >= 0.6 is 0 Å². The molecule has 0 aliphatic rings. The SMILES string of the molecule is Cc1ccc([C@@H](NCC(=O)Nc2ccccc2C(F)(F)F)c2ccccc2)cc1. The van der Waals surface area contributed by atoms with Crippen LogP contribution in [0.2, 0.25) is 0 Å². The summed E-state index contributed by atoms with van der Waals surface area (Å²) in [5.41, 5.74) is 1.91. The third kappa shape index (κ3) is 5.45. The molecule has 1 amide bonds. The normalized spacial score (nSPS) is 12.4. The number of alkyl halides is 3. The molecule has 3 aromatic rings. The van der Waals surface area contributed by atoms with Gasteiger partial charge in [0.2, 0.25) is 5.91 Å². The van der Waals surface area contributed by atoms with E-state index in [0.717, 1.165) is 22.8 Å². The summed E-state index contributed by atoms with van der Waals surface area (Å²) < 4.78 is 39.4. The van der Waals surface area contributed by atoms with Gasteiger partial charge in [-0.2, -0.15) is 13.2 Å². The maximum absolute atomic E-state index is 13.1. The topological polar surface area (TPSA) is 41.1 Å². The molecule has 0 spiro atoms. The van der Waals surface area contributed by atoms with Gasteiger partial charge in [0.25, 0.3) is 0 Å². The van der Waals surface area contributed by atoms with Gasteiger partial charge in [0.15, 0.2) is 0 Å². The molecule has 3 aromatic carbocycles. The Labute approximate surface area is 167 Å². The van der Waals surface area contributed by atoms with E-state index >= 15 is 0 Å². The Morgan fingerprint density at radius 2 is 1.45 bits per heavy atom. The third-order valence-electron chi connectivity index (χ3n) is 4.52. The summed E-state index contributed by atoms with van der Waals surface area (Å²) in [5.74, 6) is -0.547. The summed E-state index contributed by atoms with van der Waals surface area (Å²) in [6.07, 6.45) is -4.54. The molecule has 0 heterocycles. The first-order valence-electron chi connectivity index (χ1n) is 9.15. The van der Waals surface area contributed by atoms with E-state index in [0.29, 0.717) is 0 Å². The fourth-order valence-corrected chi connectivity index (χ4v) is 3.06. The van der Waals surface area contributed by atoms with E-state index in [-0.39, 0.29) is 18.3 Å². The van der Waals surface area contributed by atoms with Gasteiger partial charge in [0, 0.05) is 0 Å². The van der Waals surface area contributed by atoms with Crippen molar-refractivity contribution in [2.45, 2.75) is 19.1 Å². The molecule has 6 heteroatoms. The lowest BCUT2D eigenvalue weighted by Crippen LogP contribution is -2.32. The minimum atomic E-state index is -4.54. The van der Waals surface area contributed by atoms with Crippen molar-refractivity contribution < 1.29 is 18.0 Å². The van der Waals surface area contributed by atoms with Crippen molar-refractivity contribution in [1.29, 1.82) is 0 Å². The highest BCUT2D eigenvalue weighted by molar-refractivity contribution is 5.93. The van der Waals surface area contributed by atoms with Crippen LogP contribution in [-0.4, -0.2) is 12.5 Å². The lowest BCUT2D eigenvalue weighted by atomic mass is 9.98. The van der Waals surface area contributed by atoms with Crippen LogP contribution in [0.5, 0.6) is 0 Å². The first-order chi connectivity index (χ1) is 13.8. The van der Waals surface area contributed by atoms with Crippen LogP contribution in [-0.2, 0) is 11.0 Å². The minimum Gasteiger partial charge on any atom is -0.324 e. The molecule has 2 N–H and O–H groups in total. The van der Waals surface area contributed by atoms with Gasteiger partial charge in [-0.1, -0.05) is 72.3 Å². The Kier molecular flexibility index (Phi) is 6.34. The number of benzene rings is 3. The van der Waals surface area contributed by atoms with Crippen LogP contribution in [0.3, 0.4) is 0 Å². The van der Waals surface area contributed by atoms with Crippen LogP contribution in [0.4, 0.5) is 18.9 Å². The summed E-state index contributed by atoms with van der Waals surface area (Å²) in [5, 5.41) is 5.52. The fourth-order valence-electron chi connectivity index (χ4n) is 3.06. The van der Waals surface area contributed by atoms with Gasteiger partial charge in [-0.3, -0.25) is 10.1 Å². The number of carbonyl (C=O) groups excluding carboxylic acids is 1. The zero-order chi connectivity index (χ0) is 20.9. The second-order valence-electron chi connectivity index (χ2n) is 6.73. The van der Waals surface area contributed by atoms with E-state index in [1.807, 2.05) is 61.5 Å². The first-order valence-corrected chi connectivity index (χ1v) is 9.15. The zero-order valence-electron chi connectivity index (χ0n) is 15.8. The molecule has 150 valence electrons. The number of amides is 1. The second-order valence-corrected chi connectivity index (χ2v) is 6.73. The molecule has 3 nitrogen and oxygen atoms in total. The van der Waals surface area contributed by atoms with Crippen molar-refractivity contribution in [2.75, 3.05) is 11.9 Å². The van der Waals surface area contributed by atoms with E-state index in [1.165, 1.54) is 18.2 Å². The van der Waals surface area contributed by atoms with Crippen LogP contribution in [0, 0.1) is 6.92 Å². The fraction of sp³-hybridized carbons (Fsp3) is 0.174. The zero-order valence-corrected chi connectivity index (χ0v) is 15.8. The summed E-state index contributed by atoms with van der Waals surface area (Å²) in [4.78, 5) is 12.4. The van der Waals surface area contributed by atoms with Gasteiger partial charge in [0.1, 0.15) is 0 Å². The van der Waals surface area contributed by atoms with Crippen LogP contribution in [0.1, 0.15) is 28.3 Å². The predicted molar refractivity (Wildman–Crippen MR) is 108 cm³/mol. The van der Waals surface area contributed by atoms with Crippen LogP contribution in [0.25, 0.3) is 0 Å².